The monoisotopic (exact) mass is 222 g/mol. The summed E-state index contributed by atoms with van der Waals surface area (Å²) >= 11 is 0. The number of unbranched alkanes of at least 4 members (excludes halogenated alkanes) is 1. The highest BCUT2D eigenvalue weighted by Crippen LogP contribution is 2.15. The zero-order valence-electron chi connectivity index (χ0n) is 11.0. The minimum absolute atomic E-state index is 0.647. The van der Waals surface area contributed by atoms with Gasteiger partial charge in [0.15, 0.2) is 0 Å². The Kier molecular flexibility index (Phi) is 5.87. The van der Waals surface area contributed by atoms with Crippen molar-refractivity contribution in [2.45, 2.75) is 52.1 Å². The summed E-state index contributed by atoms with van der Waals surface area (Å²) in [6.07, 6.45) is 8.58. The number of hydrogen-bond donors (Lipinski definition) is 1. The van der Waals surface area contributed by atoms with E-state index in [0.717, 1.165) is 25.9 Å². The molecule has 1 saturated heterocycles. The van der Waals surface area contributed by atoms with Gasteiger partial charge in [-0.3, -0.25) is 4.90 Å². The zero-order chi connectivity index (χ0) is 12.0. The highest BCUT2D eigenvalue weighted by molar-refractivity contribution is 4.88. The molecule has 0 aromatic heterocycles. The molecule has 0 bridgehead atoms. The van der Waals surface area contributed by atoms with Gasteiger partial charge >= 0.3 is 0 Å². The lowest BCUT2D eigenvalue weighted by atomic mass is 9.98. The van der Waals surface area contributed by atoms with Crippen LogP contribution >= 0.6 is 0 Å². The van der Waals surface area contributed by atoms with E-state index in [0.29, 0.717) is 18.0 Å². The molecule has 1 heterocycles. The molecule has 2 heteroatoms. The predicted molar refractivity (Wildman–Crippen MR) is 70.3 cm³/mol. The first-order valence-corrected chi connectivity index (χ1v) is 6.59. The second-order valence-corrected chi connectivity index (χ2v) is 5.12. The highest BCUT2D eigenvalue weighted by atomic mass is 15.2. The van der Waals surface area contributed by atoms with Gasteiger partial charge in [-0.25, -0.2) is 0 Å². The van der Waals surface area contributed by atoms with Crippen molar-refractivity contribution < 1.29 is 0 Å². The van der Waals surface area contributed by atoms with Gasteiger partial charge in [0.25, 0.3) is 0 Å². The normalized spacial score (nSPS) is 26.9. The number of hydrogen-bond acceptors (Lipinski definition) is 2. The fourth-order valence-electron chi connectivity index (χ4n) is 2.39. The van der Waals surface area contributed by atoms with Gasteiger partial charge in [-0.1, -0.05) is 20.8 Å². The molecule has 0 radical (unpaired) electrons. The third-order valence-electron chi connectivity index (χ3n) is 3.61. The van der Waals surface area contributed by atoms with Crippen molar-refractivity contribution in [2.75, 3.05) is 19.6 Å². The van der Waals surface area contributed by atoms with E-state index >= 15 is 0 Å². The molecule has 1 aliphatic rings. The fourth-order valence-corrected chi connectivity index (χ4v) is 2.39. The molecule has 0 saturated carbocycles. The summed E-state index contributed by atoms with van der Waals surface area (Å²) in [6, 6.07) is 1.35. The number of terminal acetylenes is 1. The topological polar surface area (TPSA) is 15.3 Å². The molecule has 1 N–H and O–H groups in total. The number of nitrogens with one attached hydrogen (secondary N) is 1. The lowest BCUT2D eigenvalue weighted by Gasteiger charge is -2.41. The Labute approximate surface area is 101 Å². The molecule has 2 nitrogen and oxygen atoms in total. The number of piperazine rings is 1. The van der Waals surface area contributed by atoms with Crippen molar-refractivity contribution in [3.8, 4) is 12.3 Å². The third kappa shape index (κ3) is 3.81. The second kappa shape index (κ2) is 6.93. The SMILES string of the molecule is C#CCCCN1CC(C(C)C)NCC1CC. The largest absolute Gasteiger partial charge is 0.311 e. The first kappa shape index (κ1) is 13.5. The standard InChI is InChI=1S/C14H26N2/c1-5-7-8-9-16-11-14(12(3)4)15-10-13(16)6-2/h1,12-15H,6-11H2,2-4H3. The van der Waals surface area contributed by atoms with Crippen LogP contribution in [0.3, 0.4) is 0 Å². The van der Waals surface area contributed by atoms with E-state index in [1.807, 2.05) is 0 Å². The first-order chi connectivity index (χ1) is 7.69. The maximum Gasteiger partial charge on any atom is 0.0218 e. The molecule has 2 atom stereocenters. The Morgan fingerprint density at radius 3 is 2.81 bits per heavy atom. The lowest BCUT2D eigenvalue weighted by Crippen LogP contribution is -2.57. The molecular formula is C14H26N2. The minimum Gasteiger partial charge on any atom is -0.311 e. The van der Waals surface area contributed by atoms with Crippen molar-refractivity contribution >= 4 is 0 Å². The number of nitrogens with zero attached hydrogens (tertiary/aromatic N) is 1. The molecule has 0 aliphatic carbocycles. The van der Waals surface area contributed by atoms with E-state index in [4.69, 9.17) is 6.42 Å². The molecule has 16 heavy (non-hydrogen) atoms. The van der Waals surface area contributed by atoms with Crippen molar-refractivity contribution in [1.82, 2.24) is 10.2 Å². The van der Waals surface area contributed by atoms with Crippen LogP contribution in [-0.2, 0) is 0 Å². The summed E-state index contributed by atoms with van der Waals surface area (Å²) in [5.41, 5.74) is 0. The molecular weight excluding hydrogens is 196 g/mol. The Bertz CT molecular complexity index is 229. The molecule has 0 amide bonds. The van der Waals surface area contributed by atoms with E-state index in [2.05, 4.69) is 36.9 Å². The van der Waals surface area contributed by atoms with Gasteiger partial charge in [0.05, 0.1) is 0 Å². The summed E-state index contributed by atoms with van der Waals surface area (Å²) in [5, 5.41) is 3.66. The number of rotatable bonds is 5. The van der Waals surface area contributed by atoms with E-state index < -0.39 is 0 Å². The van der Waals surface area contributed by atoms with Gasteiger partial charge in [0.1, 0.15) is 0 Å². The maximum atomic E-state index is 5.31. The lowest BCUT2D eigenvalue weighted by molar-refractivity contribution is 0.109. The van der Waals surface area contributed by atoms with Gasteiger partial charge in [0, 0.05) is 31.6 Å². The van der Waals surface area contributed by atoms with E-state index in [9.17, 15) is 0 Å². The summed E-state index contributed by atoms with van der Waals surface area (Å²) < 4.78 is 0. The van der Waals surface area contributed by atoms with Crippen LogP contribution in [0.1, 0.15) is 40.0 Å². The molecule has 0 aromatic rings. The van der Waals surface area contributed by atoms with Crippen molar-refractivity contribution in [2.24, 2.45) is 5.92 Å². The third-order valence-corrected chi connectivity index (χ3v) is 3.61. The molecule has 0 spiro atoms. The minimum atomic E-state index is 0.647. The van der Waals surface area contributed by atoms with Crippen LogP contribution in [0.4, 0.5) is 0 Å². The Morgan fingerprint density at radius 1 is 1.50 bits per heavy atom. The van der Waals surface area contributed by atoms with Crippen LogP contribution in [0, 0.1) is 18.3 Å². The smallest absolute Gasteiger partial charge is 0.0218 e. The van der Waals surface area contributed by atoms with Crippen molar-refractivity contribution in [1.29, 1.82) is 0 Å². The van der Waals surface area contributed by atoms with Gasteiger partial charge in [-0.15, -0.1) is 12.3 Å². The molecule has 1 rings (SSSR count). The van der Waals surface area contributed by atoms with Crippen LogP contribution < -0.4 is 5.32 Å². The van der Waals surface area contributed by atoms with Gasteiger partial charge in [-0.2, -0.15) is 0 Å². The fraction of sp³-hybridized carbons (Fsp3) is 0.857. The molecule has 92 valence electrons. The van der Waals surface area contributed by atoms with Crippen molar-refractivity contribution in [3.63, 3.8) is 0 Å². The van der Waals surface area contributed by atoms with Gasteiger partial charge in [-0.05, 0) is 25.3 Å². The molecule has 2 unspecified atom stereocenters. The summed E-state index contributed by atoms with van der Waals surface area (Å²) in [4.78, 5) is 2.62. The van der Waals surface area contributed by atoms with Crippen molar-refractivity contribution in [3.05, 3.63) is 0 Å². The quantitative estimate of drug-likeness (QED) is 0.566. The average Bonchev–Trinajstić information content (AvgIpc) is 2.29. The van der Waals surface area contributed by atoms with Crippen LogP contribution in [0.25, 0.3) is 0 Å². The van der Waals surface area contributed by atoms with Crippen LogP contribution in [0.5, 0.6) is 0 Å². The van der Waals surface area contributed by atoms with Crippen LogP contribution in [0.2, 0.25) is 0 Å². The van der Waals surface area contributed by atoms with E-state index in [-0.39, 0.29) is 0 Å². The summed E-state index contributed by atoms with van der Waals surface area (Å²) in [5.74, 6) is 3.45. The Balaban J connectivity index is 2.44. The molecule has 0 aromatic carbocycles. The maximum absolute atomic E-state index is 5.31. The van der Waals surface area contributed by atoms with E-state index in [1.165, 1.54) is 13.0 Å². The van der Waals surface area contributed by atoms with E-state index in [1.54, 1.807) is 0 Å². The van der Waals surface area contributed by atoms with Gasteiger partial charge < -0.3 is 5.32 Å². The highest BCUT2D eigenvalue weighted by Gasteiger charge is 2.27. The van der Waals surface area contributed by atoms with Crippen LogP contribution in [0.15, 0.2) is 0 Å². The van der Waals surface area contributed by atoms with Gasteiger partial charge in [0.2, 0.25) is 0 Å². The average molecular weight is 222 g/mol. The van der Waals surface area contributed by atoms with Crippen LogP contribution in [-0.4, -0.2) is 36.6 Å². The summed E-state index contributed by atoms with van der Waals surface area (Å²) in [7, 11) is 0. The summed E-state index contributed by atoms with van der Waals surface area (Å²) in [6.45, 7) is 10.3. The predicted octanol–water partition coefficient (Wildman–Crippen LogP) is 2.11. The Hall–Kier alpha value is -0.520. The molecule has 1 aliphatic heterocycles. The molecule has 1 fully saturated rings. The second-order valence-electron chi connectivity index (χ2n) is 5.12. The Morgan fingerprint density at radius 2 is 2.25 bits per heavy atom. The zero-order valence-corrected chi connectivity index (χ0v) is 11.0. The first-order valence-electron chi connectivity index (χ1n) is 6.59.